The summed E-state index contributed by atoms with van der Waals surface area (Å²) in [5.74, 6) is -5.30. The number of phenols is 2. The summed E-state index contributed by atoms with van der Waals surface area (Å²) in [4.78, 5) is 65.3. The number of nitrogens with zero attached hydrogens (tertiary/aromatic N) is 7. The van der Waals surface area contributed by atoms with E-state index in [0.29, 0.717) is 16.2 Å². The number of nitrogen functional groups attached to an aromatic ring is 1. The number of anilines is 1. The van der Waals surface area contributed by atoms with Gasteiger partial charge in [0.25, 0.3) is 11.8 Å². The molecule has 2 amide bonds. The average molecular weight is 714 g/mol. The number of β-lactam (4-membered cyclic amide) rings is 1. The highest BCUT2D eigenvalue weighted by Gasteiger charge is 2.54. The van der Waals surface area contributed by atoms with Crippen molar-refractivity contribution in [1.82, 2.24) is 35.0 Å². The first-order valence-corrected chi connectivity index (χ1v) is 16.6. The van der Waals surface area contributed by atoms with Gasteiger partial charge in [-0.15, -0.1) is 40.0 Å². The standard InChI is InChI=1S/C27H23N9O9S3/c1-10-2-17(36-16(30-10)5-29-34-36)46-7-12-8-47-24-19(23(40)35(24)20(12)26(43)44)32-22(39)18(14-9-48-27(28)31-14)33-45-6-11-3-13(25(41)42)21(38)15(37)4-11/h2-5,9,19,24,37-38H,6-8H2,1H3,(H2,28,31)(H,32,39)(H,41,42)(H,43,44)/b33-18-/t19-,24-/m1/s1. The van der Waals surface area contributed by atoms with Crippen molar-refractivity contribution in [2.24, 2.45) is 5.16 Å². The van der Waals surface area contributed by atoms with Crippen LogP contribution in [0.3, 0.4) is 0 Å². The Bertz CT molecular complexity index is 2060. The Balaban J connectivity index is 1.18. The molecular weight excluding hydrogens is 691 g/mol. The predicted molar refractivity (Wildman–Crippen MR) is 171 cm³/mol. The van der Waals surface area contributed by atoms with E-state index >= 15 is 0 Å². The maximum atomic E-state index is 13.4. The number of aromatic nitrogens is 5. The molecule has 0 bridgehead atoms. The molecule has 21 heteroatoms. The van der Waals surface area contributed by atoms with Crippen LogP contribution in [0.2, 0.25) is 0 Å². The van der Waals surface area contributed by atoms with Gasteiger partial charge in [0.1, 0.15) is 40.0 Å². The molecule has 1 aromatic carbocycles. The molecule has 6 rings (SSSR count). The maximum absolute atomic E-state index is 13.4. The molecule has 0 spiro atoms. The lowest BCUT2D eigenvalue weighted by Crippen LogP contribution is -2.71. The van der Waals surface area contributed by atoms with Crippen LogP contribution in [-0.4, -0.2) is 103 Å². The zero-order valence-electron chi connectivity index (χ0n) is 24.4. The van der Waals surface area contributed by atoms with E-state index in [9.17, 15) is 39.6 Å². The van der Waals surface area contributed by atoms with Gasteiger partial charge in [-0.1, -0.05) is 10.4 Å². The average Bonchev–Trinajstić information content (AvgIpc) is 3.70. The molecule has 18 nitrogen and oxygen atoms in total. The van der Waals surface area contributed by atoms with Crippen molar-refractivity contribution in [2.75, 3.05) is 17.2 Å². The minimum atomic E-state index is -1.49. The van der Waals surface area contributed by atoms with Crippen molar-refractivity contribution in [3.05, 3.63) is 63.6 Å². The summed E-state index contributed by atoms with van der Waals surface area (Å²) in [5, 5.41) is 54.8. The number of aromatic carboxylic acids is 1. The Hall–Kier alpha value is -5.41. The summed E-state index contributed by atoms with van der Waals surface area (Å²) in [7, 11) is 0. The third-order valence-electron chi connectivity index (χ3n) is 7.04. The highest BCUT2D eigenvalue weighted by Crippen LogP contribution is 2.41. The normalized spacial score (nSPS) is 17.6. The van der Waals surface area contributed by atoms with Crippen LogP contribution in [0.15, 0.2) is 51.2 Å². The van der Waals surface area contributed by atoms with Gasteiger partial charge in [0, 0.05) is 22.6 Å². The van der Waals surface area contributed by atoms with Crippen LogP contribution in [0, 0.1) is 6.92 Å². The smallest absolute Gasteiger partial charge is 0.352 e. The number of hydrogen-bond donors (Lipinski definition) is 6. The van der Waals surface area contributed by atoms with Crippen LogP contribution in [-0.2, 0) is 25.8 Å². The lowest BCUT2D eigenvalue weighted by atomic mass is 10.0. The number of thioether (sulfide) groups is 2. The molecule has 3 aromatic heterocycles. The Morgan fingerprint density at radius 1 is 1.19 bits per heavy atom. The number of aliphatic carboxylic acids is 1. The number of carboxylic acids is 2. The van der Waals surface area contributed by atoms with Crippen LogP contribution in [0.5, 0.6) is 11.5 Å². The van der Waals surface area contributed by atoms with Crippen molar-refractivity contribution >= 4 is 75.1 Å². The summed E-state index contributed by atoms with van der Waals surface area (Å²) in [6.07, 6.45) is 1.51. The van der Waals surface area contributed by atoms with Gasteiger partial charge in [-0.05, 0) is 36.3 Å². The number of nitrogens with two attached hydrogens (primary N) is 1. The van der Waals surface area contributed by atoms with E-state index in [4.69, 9.17) is 10.6 Å². The molecular formula is C27H23N9O9S3. The van der Waals surface area contributed by atoms with Gasteiger partial charge in [-0.2, -0.15) is 4.52 Å². The number of carbonyl (C=O) groups is 4. The SMILES string of the molecule is Cc1cc(SCC2=C(C(=O)O)N3C(=O)[C@@H](NC(=O)/C(=N\OCc4cc(O)c(O)c(C(=O)O)c4)c4csc(N)n4)[C@H]3SC2)n2nncc2n1. The number of aromatic hydroxyl groups is 2. The molecule has 248 valence electrons. The van der Waals surface area contributed by atoms with Crippen LogP contribution in [0.1, 0.15) is 27.3 Å². The maximum Gasteiger partial charge on any atom is 0.352 e. The van der Waals surface area contributed by atoms with Crippen LogP contribution in [0.25, 0.3) is 5.65 Å². The molecule has 5 heterocycles. The number of aryl methyl sites for hydroxylation is 1. The van der Waals surface area contributed by atoms with Crippen LogP contribution in [0.4, 0.5) is 5.13 Å². The molecule has 1 fully saturated rings. The number of phenolic OH excluding ortho intramolecular Hbond substituents is 1. The zero-order valence-corrected chi connectivity index (χ0v) is 26.9. The number of oxime groups is 1. The predicted octanol–water partition coefficient (Wildman–Crippen LogP) is 1.03. The minimum Gasteiger partial charge on any atom is -0.504 e. The molecule has 0 saturated carbocycles. The number of carbonyl (C=O) groups excluding carboxylic acids is 2. The molecule has 2 aliphatic heterocycles. The fourth-order valence-corrected chi connectivity index (χ4v) is 7.97. The third kappa shape index (κ3) is 6.16. The van der Waals surface area contributed by atoms with E-state index in [-0.39, 0.29) is 39.3 Å². The molecule has 0 aliphatic carbocycles. The molecule has 48 heavy (non-hydrogen) atoms. The third-order valence-corrected chi connectivity index (χ3v) is 10.1. The second-order valence-corrected chi connectivity index (χ2v) is 13.2. The van der Waals surface area contributed by atoms with Crippen molar-refractivity contribution < 1.29 is 44.4 Å². The Morgan fingerprint density at radius 2 is 1.98 bits per heavy atom. The summed E-state index contributed by atoms with van der Waals surface area (Å²) in [5.41, 5.74) is 6.56. The Morgan fingerprint density at radius 3 is 2.69 bits per heavy atom. The minimum absolute atomic E-state index is 0.0213. The van der Waals surface area contributed by atoms with E-state index < -0.39 is 58.8 Å². The Kier molecular flexibility index (Phi) is 8.81. The van der Waals surface area contributed by atoms with Crippen molar-refractivity contribution in [3.8, 4) is 11.5 Å². The van der Waals surface area contributed by atoms with Gasteiger partial charge in [0.05, 0.1) is 6.20 Å². The van der Waals surface area contributed by atoms with E-state index in [1.807, 2.05) is 6.92 Å². The van der Waals surface area contributed by atoms with Crippen molar-refractivity contribution in [2.45, 2.75) is 30.0 Å². The topological polar surface area (TPSA) is 268 Å². The van der Waals surface area contributed by atoms with Crippen LogP contribution < -0.4 is 11.1 Å². The number of nitrogens with one attached hydrogen (secondary N) is 1. The fourth-order valence-electron chi connectivity index (χ4n) is 4.88. The number of benzene rings is 1. The van der Waals surface area contributed by atoms with Gasteiger partial charge in [0.2, 0.25) is 0 Å². The lowest BCUT2D eigenvalue weighted by molar-refractivity contribution is -0.150. The molecule has 2 aliphatic rings. The first-order chi connectivity index (χ1) is 22.9. The van der Waals surface area contributed by atoms with E-state index in [2.05, 4.69) is 30.8 Å². The van der Waals surface area contributed by atoms with E-state index in [1.54, 1.807) is 10.6 Å². The number of rotatable bonds is 11. The largest absolute Gasteiger partial charge is 0.504 e. The monoisotopic (exact) mass is 713 g/mol. The molecule has 0 unspecified atom stereocenters. The van der Waals surface area contributed by atoms with Gasteiger partial charge in [0.15, 0.2) is 28.0 Å². The van der Waals surface area contributed by atoms with E-state index in [1.165, 1.54) is 35.1 Å². The molecule has 2 atom stereocenters. The van der Waals surface area contributed by atoms with E-state index in [0.717, 1.165) is 34.1 Å². The highest BCUT2D eigenvalue weighted by atomic mass is 32.2. The first-order valence-electron chi connectivity index (χ1n) is 13.6. The van der Waals surface area contributed by atoms with Crippen molar-refractivity contribution in [1.29, 1.82) is 0 Å². The van der Waals surface area contributed by atoms with Gasteiger partial charge < -0.3 is 36.3 Å². The summed E-state index contributed by atoms with van der Waals surface area (Å²) in [6.45, 7) is 1.39. The number of carboxylic acid groups (broad SMARTS) is 2. The second-order valence-electron chi connectivity index (χ2n) is 10.2. The quantitative estimate of drug-likeness (QED) is 0.0316. The lowest BCUT2D eigenvalue weighted by Gasteiger charge is -2.49. The second kappa shape index (κ2) is 13.0. The Labute approximate surface area is 281 Å². The van der Waals surface area contributed by atoms with Crippen molar-refractivity contribution in [3.63, 3.8) is 0 Å². The summed E-state index contributed by atoms with van der Waals surface area (Å²) in [6, 6.07) is 2.82. The fraction of sp³-hybridized carbons (Fsp3) is 0.222. The zero-order chi connectivity index (χ0) is 34.3. The van der Waals surface area contributed by atoms with Gasteiger partial charge in [-0.3, -0.25) is 14.5 Å². The molecule has 7 N–H and O–H groups in total. The summed E-state index contributed by atoms with van der Waals surface area (Å²) < 4.78 is 1.54. The van der Waals surface area contributed by atoms with Crippen LogP contribution >= 0.6 is 34.9 Å². The number of amides is 2. The molecule has 1 saturated heterocycles. The number of hydrogen-bond acceptors (Lipinski definition) is 16. The first kappa shape index (κ1) is 32.5. The van der Waals surface area contributed by atoms with Gasteiger partial charge >= 0.3 is 11.9 Å². The highest BCUT2D eigenvalue weighted by molar-refractivity contribution is 8.01. The summed E-state index contributed by atoms with van der Waals surface area (Å²) >= 11 is 3.62. The molecule has 0 radical (unpaired) electrons. The van der Waals surface area contributed by atoms with Gasteiger partial charge in [-0.25, -0.2) is 19.6 Å². The number of thiazole rings is 1. The number of fused-ring (bicyclic) bond motifs is 2. The molecule has 4 aromatic rings.